The molecule has 0 heterocycles. The third kappa shape index (κ3) is 6.56. The Hall–Kier alpha value is 0.439. The molecule has 0 saturated carbocycles. The summed E-state index contributed by atoms with van der Waals surface area (Å²) in [5, 5.41) is 8.94. The van der Waals surface area contributed by atoms with Gasteiger partial charge in [-0.05, 0) is 20.0 Å². The van der Waals surface area contributed by atoms with E-state index in [1.165, 1.54) is 0 Å². The van der Waals surface area contributed by atoms with E-state index in [0.29, 0.717) is 0 Å². The van der Waals surface area contributed by atoms with Gasteiger partial charge >= 0.3 is 0 Å². The monoisotopic (exact) mass is 187 g/mol. The summed E-state index contributed by atoms with van der Waals surface area (Å²) < 4.78 is 0. The molecule has 0 spiro atoms. The number of likely N-dealkylation sites (N-methyl/N-ethyl adjacent to an activating group) is 1. The van der Waals surface area contributed by atoms with E-state index >= 15 is 0 Å². The van der Waals surface area contributed by atoms with Gasteiger partial charge in [0.05, 0.1) is 6.10 Å². The Morgan fingerprint density at radius 3 is 1.80 bits per heavy atom. The Balaban J connectivity index is 0. The quantitative estimate of drug-likeness (QED) is 0.655. The molecule has 1 atom stereocenters. The average Bonchev–Trinajstić information content (AvgIpc) is 1.82. The zero-order valence-corrected chi connectivity index (χ0v) is 8.05. The van der Waals surface area contributed by atoms with Crippen LogP contribution in [0.15, 0.2) is 0 Å². The van der Waals surface area contributed by atoms with Crippen molar-refractivity contribution in [1.82, 2.24) is 4.90 Å². The first kappa shape index (κ1) is 13.1. The van der Waals surface area contributed by atoms with E-state index in [1.54, 1.807) is 0 Å². The van der Waals surface area contributed by atoms with Gasteiger partial charge in [0.1, 0.15) is 0 Å². The number of aliphatic hydroxyl groups excluding tert-OH is 1. The second-order valence-corrected chi connectivity index (χ2v) is 2.33. The van der Waals surface area contributed by atoms with Crippen LogP contribution in [-0.2, 0) is 17.1 Å². The molecule has 3 heteroatoms. The van der Waals surface area contributed by atoms with Crippen molar-refractivity contribution >= 4 is 0 Å². The predicted molar refractivity (Wildman–Crippen MR) is 39.5 cm³/mol. The van der Waals surface area contributed by atoms with Gasteiger partial charge in [0.2, 0.25) is 0 Å². The summed E-state index contributed by atoms with van der Waals surface area (Å²) in [5.74, 6) is 0. The molecule has 0 rings (SSSR count). The van der Waals surface area contributed by atoms with Crippen LogP contribution >= 0.6 is 0 Å². The van der Waals surface area contributed by atoms with Crippen LogP contribution in [0.1, 0.15) is 20.8 Å². The topological polar surface area (TPSA) is 23.5 Å². The number of hydrogen-bond donors (Lipinski definition) is 1. The van der Waals surface area contributed by atoms with Crippen molar-refractivity contribution in [2.45, 2.75) is 26.9 Å². The molecule has 1 N–H and O–H groups in total. The normalized spacial score (nSPS) is 12.9. The Kier molecular flexibility index (Phi) is 9.85. The molecule has 1 unspecified atom stereocenters. The molecule has 0 fully saturated rings. The maximum atomic E-state index is 8.94. The van der Waals surface area contributed by atoms with Crippen LogP contribution in [-0.4, -0.2) is 35.7 Å². The van der Waals surface area contributed by atoms with Crippen LogP contribution in [0.25, 0.3) is 0 Å². The van der Waals surface area contributed by atoms with Crippen LogP contribution in [0.5, 0.6) is 0 Å². The van der Waals surface area contributed by atoms with Gasteiger partial charge in [0, 0.05) is 23.6 Å². The van der Waals surface area contributed by atoms with Gasteiger partial charge in [-0.3, -0.25) is 0 Å². The average molecular weight is 187 g/mol. The smallest absolute Gasteiger partial charge is 0.0639 e. The van der Waals surface area contributed by atoms with Gasteiger partial charge in [-0.1, -0.05) is 13.8 Å². The van der Waals surface area contributed by atoms with Crippen molar-refractivity contribution < 1.29 is 22.2 Å². The Labute approximate surface area is 74.1 Å². The maximum Gasteiger partial charge on any atom is 0.0639 e. The standard InChI is InChI=1S/C7H17NO.Fe/c1-4-8(5-2)6-7(3)9;/h7,9H,4-6H2,1-3H3;. The van der Waals surface area contributed by atoms with E-state index in [2.05, 4.69) is 18.7 Å². The van der Waals surface area contributed by atoms with E-state index in [-0.39, 0.29) is 23.2 Å². The molecule has 0 aliphatic carbocycles. The first-order chi connectivity index (χ1) is 4.20. The van der Waals surface area contributed by atoms with Crippen LogP contribution < -0.4 is 0 Å². The van der Waals surface area contributed by atoms with Crippen molar-refractivity contribution in [1.29, 1.82) is 0 Å². The fraction of sp³-hybridized carbons (Fsp3) is 1.00. The molecule has 0 amide bonds. The summed E-state index contributed by atoms with van der Waals surface area (Å²) in [6.07, 6.45) is -0.190. The number of rotatable bonds is 4. The van der Waals surface area contributed by atoms with Gasteiger partial charge in [0.15, 0.2) is 0 Å². The third-order valence-corrected chi connectivity index (χ3v) is 1.42. The summed E-state index contributed by atoms with van der Waals surface area (Å²) in [5.41, 5.74) is 0. The van der Waals surface area contributed by atoms with E-state index in [9.17, 15) is 0 Å². The molecule has 10 heavy (non-hydrogen) atoms. The second kappa shape index (κ2) is 7.55. The third-order valence-electron chi connectivity index (χ3n) is 1.42. The maximum absolute atomic E-state index is 8.94. The minimum atomic E-state index is -0.190. The van der Waals surface area contributed by atoms with Crippen molar-refractivity contribution in [3.8, 4) is 0 Å². The van der Waals surface area contributed by atoms with Crippen molar-refractivity contribution in [2.24, 2.45) is 0 Å². The fourth-order valence-electron chi connectivity index (χ4n) is 0.855. The molecule has 0 aromatic rings. The largest absolute Gasteiger partial charge is 0.392 e. The van der Waals surface area contributed by atoms with E-state index in [4.69, 9.17) is 5.11 Å². The van der Waals surface area contributed by atoms with Gasteiger partial charge in [-0.15, -0.1) is 0 Å². The Morgan fingerprint density at radius 1 is 1.30 bits per heavy atom. The second-order valence-electron chi connectivity index (χ2n) is 2.33. The fourth-order valence-corrected chi connectivity index (χ4v) is 0.855. The number of hydrogen-bond acceptors (Lipinski definition) is 2. The van der Waals surface area contributed by atoms with Crippen molar-refractivity contribution in [2.75, 3.05) is 19.6 Å². The Bertz CT molecular complexity index is 64.6. The first-order valence-corrected chi connectivity index (χ1v) is 3.61. The summed E-state index contributed by atoms with van der Waals surface area (Å²) in [6.45, 7) is 8.88. The first-order valence-electron chi connectivity index (χ1n) is 3.61. The van der Waals surface area contributed by atoms with Crippen LogP contribution in [0.4, 0.5) is 0 Å². The molecule has 0 aliphatic heterocycles. The van der Waals surface area contributed by atoms with Gasteiger partial charge in [-0.25, -0.2) is 0 Å². The SMILES string of the molecule is CCN(CC)CC(C)O.[Fe]. The number of nitrogens with zero attached hydrogens (tertiary/aromatic N) is 1. The number of aliphatic hydroxyl groups is 1. The zero-order chi connectivity index (χ0) is 7.28. The molecule has 0 aromatic heterocycles. The summed E-state index contributed by atoms with van der Waals surface area (Å²) in [4.78, 5) is 2.20. The summed E-state index contributed by atoms with van der Waals surface area (Å²) in [6, 6.07) is 0. The van der Waals surface area contributed by atoms with Crippen LogP contribution in [0.3, 0.4) is 0 Å². The molecule has 0 bridgehead atoms. The molecule has 0 aromatic carbocycles. The van der Waals surface area contributed by atoms with E-state index in [1.807, 2.05) is 6.92 Å². The van der Waals surface area contributed by atoms with E-state index in [0.717, 1.165) is 19.6 Å². The molecule has 2 nitrogen and oxygen atoms in total. The van der Waals surface area contributed by atoms with E-state index < -0.39 is 0 Å². The van der Waals surface area contributed by atoms with Crippen molar-refractivity contribution in [3.05, 3.63) is 0 Å². The summed E-state index contributed by atoms with van der Waals surface area (Å²) in [7, 11) is 0. The van der Waals surface area contributed by atoms with Crippen molar-refractivity contribution in [3.63, 3.8) is 0 Å². The summed E-state index contributed by atoms with van der Waals surface area (Å²) >= 11 is 0. The molecular weight excluding hydrogens is 170 g/mol. The Morgan fingerprint density at radius 2 is 1.70 bits per heavy atom. The molecule has 0 aliphatic rings. The van der Waals surface area contributed by atoms with Crippen LogP contribution in [0.2, 0.25) is 0 Å². The zero-order valence-electron chi connectivity index (χ0n) is 6.95. The van der Waals surface area contributed by atoms with Gasteiger partial charge < -0.3 is 10.0 Å². The predicted octanol–water partition coefficient (Wildman–Crippen LogP) is 0.706. The minimum absolute atomic E-state index is 0. The minimum Gasteiger partial charge on any atom is -0.392 e. The van der Waals surface area contributed by atoms with Gasteiger partial charge in [0.25, 0.3) is 0 Å². The molecule has 0 radical (unpaired) electrons. The molecular formula is C7H17FeNO. The van der Waals surface area contributed by atoms with Crippen LogP contribution in [0, 0.1) is 0 Å². The molecule has 0 saturated heterocycles. The molecule has 64 valence electrons. The van der Waals surface area contributed by atoms with Gasteiger partial charge in [-0.2, -0.15) is 0 Å².